The number of rotatable bonds is 7. The van der Waals surface area contributed by atoms with Crippen LogP contribution in [0.1, 0.15) is 31.8 Å². The molecule has 17 heteroatoms. The monoisotopic (exact) mass is 768 g/mol. The molecule has 4 aromatic carbocycles. The van der Waals surface area contributed by atoms with Crippen LogP contribution in [0.5, 0.6) is 0 Å². The van der Waals surface area contributed by atoms with E-state index in [4.69, 9.17) is 90.7 Å². The first-order valence-electron chi connectivity index (χ1n) is 12.5. The molecule has 0 radical (unpaired) electrons. The third-order valence-corrected chi connectivity index (χ3v) is 7.61. The van der Waals surface area contributed by atoms with Gasteiger partial charge in [-0.15, -0.1) is 0 Å². The molecule has 0 spiro atoms. The highest BCUT2D eigenvalue weighted by Gasteiger charge is 2.19. The number of aromatic carboxylic acids is 2. The lowest BCUT2D eigenvalue weighted by Crippen LogP contribution is -2.15. The SMILES string of the molecule is Nc1ccc(Cl)c(C(=O)O)c1Cl.O=C(Cc1ccc(F)c(Cl)c1)Nc1ccc(Cl)c(C(=O)O)c1Cl.O=C(O)Cc1ccc(F)c(Cl)c1. The minimum absolute atomic E-state index is 0.0185. The van der Waals surface area contributed by atoms with E-state index < -0.39 is 35.4 Å². The van der Waals surface area contributed by atoms with Gasteiger partial charge in [-0.05, 0) is 59.7 Å². The molecule has 6 N–H and O–H groups in total. The quantitative estimate of drug-likeness (QED) is 0.116. The maximum Gasteiger partial charge on any atom is 0.338 e. The fourth-order valence-electron chi connectivity index (χ4n) is 3.46. The number of halogens is 8. The van der Waals surface area contributed by atoms with Crippen LogP contribution in [0.4, 0.5) is 20.2 Å². The average molecular weight is 771 g/mol. The number of anilines is 2. The van der Waals surface area contributed by atoms with Gasteiger partial charge in [-0.2, -0.15) is 0 Å². The number of carbonyl (C=O) groups is 4. The summed E-state index contributed by atoms with van der Waals surface area (Å²) in [5, 5.41) is 28.3. The van der Waals surface area contributed by atoms with Crippen molar-refractivity contribution >= 4 is 105 Å². The third kappa shape index (κ3) is 11.7. The summed E-state index contributed by atoms with van der Waals surface area (Å²) in [6.45, 7) is 0. The number of hydrogen-bond acceptors (Lipinski definition) is 5. The van der Waals surface area contributed by atoms with Gasteiger partial charge in [0.15, 0.2) is 0 Å². The van der Waals surface area contributed by atoms with Crippen molar-refractivity contribution in [3.63, 3.8) is 0 Å². The van der Waals surface area contributed by atoms with E-state index in [1.54, 1.807) is 0 Å². The number of aliphatic carboxylic acids is 1. The van der Waals surface area contributed by atoms with Gasteiger partial charge >= 0.3 is 17.9 Å². The summed E-state index contributed by atoms with van der Waals surface area (Å²) in [5.41, 5.74) is 6.24. The summed E-state index contributed by atoms with van der Waals surface area (Å²) in [4.78, 5) is 43.9. The van der Waals surface area contributed by atoms with E-state index in [-0.39, 0.29) is 65.5 Å². The van der Waals surface area contributed by atoms with Gasteiger partial charge in [0, 0.05) is 0 Å². The number of nitrogens with two attached hydrogens (primary N) is 1. The number of carboxylic acid groups (broad SMARTS) is 3. The number of carboxylic acids is 3. The second-order valence-corrected chi connectivity index (χ2v) is 11.4. The van der Waals surface area contributed by atoms with Gasteiger partial charge in [-0.25, -0.2) is 18.4 Å². The Hall–Kier alpha value is -3.84. The third-order valence-electron chi connectivity index (χ3n) is 5.60. The molecular weight excluding hydrogens is 751 g/mol. The van der Waals surface area contributed by atoms with Crippen LogP contribution in [0.2, 0.25) is 30.1 Å². The first kappa shape index (κ1) is 39.3. The van der Waals surface area contributed by atoms with Crippen LogP contribution in [-0.2, 0) is 22.4 Å². The molecule has 4 rings (SSSR count). The van der Waals surface area contributed by atoms with Gasteiger partial charge in [0.05, 0.1) is 65.5 Å². The predicted molar refractivity (Wildman–Crippen MR) is 178 cm³/mol. The van der Waals surface area contributed by atoms with Gasteiger partial charge in [0.1, 0.15) is 11.6 Å². The number of benzene rings is 4. The normalized spacial score (nSPS) is 10.1. The van der Waals surface area contributed by atoms with Crippen LogP contribution >= 0.6 is 69.6 Å². The Morgan fingerprint density at radius 1 is 0.617 bits per heavy atom. The van der Waals surface area contributed by atoms with E-state index >= 15 is 0 Å². The highest BCUT2D eigenvalue weighted by molar-refractivity contribution is 6.41. The molecule has 0 fully saturated rings. The van der Waals surface area contributed by atoms with Gasteiger partial charge in [0.2, 0.25) is 5.91 Å². The lowest BCUT2D eigenvalue weighted by Gasteiger charge is -2.10. The van der Waals surface area contributed by atoms with Crippen LogP contribution < -0.4 is 11.1 Å². The van der Waals surface area contributed by atoms with Crippen molar-refractivity contribution in [2.24, 2.45) is 0 Å². The van der Waals surface area contributed by atoms with Crippen LogP contribution in [0, 0.1) is 11.6 Å². The minimum Gasteiger partial charge on any atom is -0.481 e. The molecule has 0 aliphatic carbocycles. The average Bonchev–Trinajstić information content (AvgIpc) is 2.97. The summed E-state index contributed by atoms with van der Waals surface area (Å²) >= 11 is 34.0. The molecule has 1 amide bonds. The van der Waals surface area contributed by atoms with Crippen LogP contribution in [-0.4, -0.2) is 39.1 Å². The Morgan fingerprint density at radius 2 is 1.06 bits per heavy atom. The number of hydrogen-bond donors (Lipinski definition) is 5. The van der Waals surface area contributed by atoms with E-state index in [0.717, 1.165) is 12.1 Å². The molecule has 9 nitrogen and oxygen atoms in total. The Balaban J connectivity index is 0.000000270. The molecule has 0 unspecified atom stereocenters. The predicted octanol–water partition coefficient (Wildman–Crippen LogP) is 9.05. The second-order valence-electron chi connectivity index (χ2n) is 9.01. The minimum atomic E-state index is -1.30. The Morgan fingerprint density at radius 3 is 1.49 bits per heavy atom. The summed E-state index contributed by atoms with van der Waals surface area (Å²) in [5.74, 6) is -5.03. The Kier molecular flexibility index (Phi) is 15.0. The number of carbonyl (C=O) groups excluding carboxylic acids is 1. The topological polar surface area (TPSA) is 167 Å². The highest BCUT2D eigenvalue weighted by atomic mass is 35.5. The van der Waals surface area contributed by atoms with Crippen molar-refractivity contribution in [1.29, 1.82) is 0 Å². The Bertz CT molecular complexity index is 1840. The standard InChI is InChI=1S/C15H9Cl3FNO3.C8H6ClFO2.C7H5Cl2NO2/c16-8-2-4-11(14(18)13(8)15(22)23)20-12(21)6-7-1-3-10(19)9(17)5-7;9-6-3-5(4-8(11)12)1-2-7(6)10;8-3-1-2-4(10)6(9)5(3)7(11)12/h1-5H,6H2,(H,20,21)(H,22,23);1-3H,4H2,(H,11,12);1-2H,10H2,(H,11,12). The molecule has 0 saturated heterocycles. The van der Waals surface area contributed by atoms with Crippen molar-refractivity contribution < 1.29 is 43.3 Å². The number of nitrogen functional groups attached to an aromatic ring is 1. The molecule has 0 aliphatic rings. The lowest BCUT2D eigenvalue weighted by atomic mass is 10.1. The zero-order chi connectivity index (χ0) is 35.6. The fourth-order valence-corrected chi connectivity index (χ4v) is 4.98. The molecule has 0 heterocycles. The molecule has 4 aromatic rings. The number of amides is 1. The summed E-state index contributed by atoms with van der Waals surface area (Å²) in [7, 11) is 0. The summed E-state index contributed by atoms with van der Waals surface area (Å²) < 4.78 is 25.6. The van der Waals surface area contributed by atoms with Crippen LogP contribution in [0.3, 0.4) is 0 Å². The smallest absolute Gasteiger partial charge is 0.338 e. The van der Waals surface area contributed by atoms with E-state index in [9.17, 15) is 28.0 Å². The lowest BCUT2D eigenvalue weighted by molar-refractivity contribution is -0.136. The van der Waals surface area contributed by atoms with Crippen molar-refractivity contribution in [2.45, 2.75) is 12.8 Å². The summed E-state index contributed by atoms with van der Waals surface area (Å²) in [6, 6.07) is 13.3. The number of nitrogens with one attached hydrogen (secondary N) is 1. The molecule has 0 saturated carbocycles. The maximum absolute atomic E-state index is 13.1. The van der Waals surface area contributed by atoms with Crippen molar-refractivity contribution in [3.05, 3.63) is 125 Å². The van der Waals surface area contributed by atoms with Gasteiger partial charge < -0.3 is 26.4 Å². The molecule has 0 bridgehead atoms. The van der Waals surface area contributed by atoms with Gasteiger partial charge in [0.25, 0.3) is 0 Å². The fraction of sp³-hybridized carbons (Fsp3) is 0.0667. The van der Waals surface area contributed by atoms with E-state index in [1.165, 1.54) is 48.5 Å². The molecule has 47 heavy (non-hydrogen) atoms. The van der Waals surface area contributed by atoms with Crippen LogP contribution in [0.15, 0.2) is 60.7 Å². The molecule has 248 valence electrons. The van der Waals surface area contributed by atoms with Crippen molar-refractivity contribution in [1.82, 2.24) is 0 Å². The second kappa shape index (κ2) is 17.9. The zero-order valence-electron chi connectivity index (χ0n) is 23.3. The van der Waals surface area contributed by atoms with Crippen LogP contribution in [0.25, 0.3) is 0 Å². The zero-order valence-corrected chi connectivity index (χ0v) is 27.8. The van der Waals surface area contributed by atoms with Gasteiger partial charge in [-0.1, -0.05) is 81.7 Å². The highest BCUT2D eigenvalue weighted by Crippen LogP contribution is 2.32. The van der Waals surface area contributed by atoms with Gasteiger partial charge in [-0.3, -0.25) is 9.59 Å². The molecular formula is C30H20Cl6F2N2O7. The van der Waals surface area contributed by atoms with Crippen molar-refractivity contribution in [3.8, 4) is 0 Å². The Labute approximate surface area is 295 Å². The van der Waals surface area contributed by atoms with E-state index in [0.29, 0.717) is 11.1 Å². The largest absolute Gasteiger partial charge is 0.481 e. The maximum atomic E-state index is 13.1. The first-order valence-corrected chi connectivity index (χ1v) is 14.8. The van der Waals surface area contributed by atoms with E-state index in [1.807, 2.05) is 0 Å². The molecule has 0 aromatic heterocycles. The van der Waals surface area contributed by atoms with E-state index in [2.05, 4.69) is 5.32 Å². The molecule has 0 aliphatic heterocycles. The molecule has 0 atom stereocenters. The summed E-state index contributed by atoms with van der Waals surface area (Å²) in [6.07, 6.45) is -0.221. The first-order chi connectivity index (χ1) is 21.9. The van der Waals surface area contributed by atoms with Crippen molar-refractivity contribution in [2.75, 3.05) is 11.1 Å².